The summed E-state index contributed by atoms with van der Waals surface area (Å²) < 4.78 is 38.2. The van der Waals surface area contributed by atoms with Gasteiger partial charge in [-0.3, -0.25) is 5.01 Å². The van der Waals surface area contributed by atoms with E-state index in [9.17, 15) is 23.3 Å². The molecule has 1 atom stereocenters. The van der Waals surface area contributed by atoms with Crippen molar-refractivity contribution in [3.8, 4) is 0 Å². The Hall–Kier alpha value is -1.54. The Morgan fingerprint density at radius 1 is 1.39 bits per heavy atom. The molecule has 0 amide bonds. The van der Waals surface area contributed by atoms with Crippen LogP contribution < -0.4 is 0 Å². The molecule has 0 N–H and O–H groups in total. The molecule has 0 bridgehead atoms. The highest BCUT2D eigenvalue weighted by Gasteiger charge is 2.54. The predicted octanol–water partition coefficient (Wildman–Crippen LogP) is 2.21. The van der Waals surface area contributed by atoms with Crippen LogP contribution in [0.2, 0.25) is 0 Å². The summed E-state index contributed by atoms with van der Waals surface area (Å²) in [6.07, 6.45) is -3.20. The lowest BCUT2D eigenvalue weighted by Gasteiger charge is -2.26. The second kappa shape index (κ2) is 5.87. The van der Waals surface area contributed by atoms with Gasteiger partial charge in [0.1, 0.15) is 0 Å². The molecule has 6 nitrogen and oxygen atoms in total. The third-order valence-electron chi connectivity index (χ3n) is 2.57. The molecule has 0 aromatic heterocycles. The van der Waals surface area contributed by atoms with Crippen LogP contribution in [0.5, 0.6) is 0 Å². The number of nitro groups is 1. The van der Waals surface area contributed by atoms with Crippen molar-refractivity contribution in [1.82, 2.24) is 10.0 Å². The number of hydrazine groups is 1. The van der Waals surface area contributed by atoms with Gasteiger partial charge in [-0.2, -0.15) is 18.3 Å². The third kappa shape index (κ3) is 3.47. The average molecular weight is 268 g/mol. The number of alkyl halides is 3. The van der Waals surface area contributed by atoms with Gasteiger partial charge in [-0.15, -0.1) is 0 Å². The van der Waals surface area contributed by atoms with E-state index in [1.807, 2.05) is 6.92 Å². The van der Waals surface area contributed by atoms with Crippen LogP contribution in [0.25, 0.3) is 0 Å². The van der Waals surface area contributed by atoms with E-state index in [0.29, 0.717) is 12.8 Å². The van der Waals surface area contributed by atoms with Gasteiger partial charge >= 0.3 is 6.18 Å². The molecule has 9 heteroatoms. The zero-order chi connectivity index (χ0) is 13.8. The van der Waals surface area contributed by atoms with Crippen LogP contribution in [0.1, 0.15) is 32.6 Å². The van der Waals surface area contributed by atoms with E-state index in [2.05, 4.69) is 5.10 Å². The minimum absolute atomic E-state index is 0.0141. The predicted molar refractivity (Wildman–Crippen MR) is 58.0 cm³/mol. The summed E-state index contributed by atoms with van der Waals surface area (Å²) in [6, 6.07) is 0. The van der Waals surface area contributed by atoms with Gasteiger partial charge in [-0.05, 0) is 11.4 Å². The summed E-state index contributed by atoms with van der Waals surface area (Å²) in [5.74, 6) is 0. The molecule has 0 spiro atoms. The fourth-order valence-corrected chi connectivity index (χ4v) is 1.71. The first kappa shape index (κ1) is 14.5. The normalized spacial score (nSPS) is 19.7. The molecule has 0 aromatic rings. The van der Waals surface area contributed by atoms with Crippen molar-refractivity contribution in [2.24, 2.45) is 5.10 Å². The SMILES string of the molecule is CCCCCCN1N=CN([N+](=O)[O-])C1C(F)(F)F. The van der Waals surface area contributed by atoms with Crippen molar-refractivity contribution in [1.29, 1.82) is 0 Å². The van der Waals surface area contributed by atoms with Gasteiger partial charge in [0.2, 0.25) is 0 Å². The summed E-state index contributed by atoms with van der Waals surface area (Å²) in [4.78, 5) is 10.5. The molecule has 1 aliphatic heterocycles. The van der Waals surface area contributed by atoms with Crippen LogP contribution in [0, 0.1) is 10.1 Å². The minimum Gasteiger partial charge on any atom is -0.259 e. The van der Waals surface area contributed by atoms with Crippen molar-refractivity contribution < 1.29 is 18.2 Å². The second-order valence-electron chi connectivity index (χ2n) is 3.99. The summed E-state index contributed by atoms with van der Waals surface area (Å²) in [6.45, 7) is 2.05. The van der Waals surface area contributed by atoms with Crippen LogP contribution >= 0.6 is 0 Å². The van der Waals surface area contributed by atoms with Crippen molar-refractivity contribution in [3.05, 3.63) is 10.1 Å². The van der Waals surface area contributed by atoms with Gasteiger partial charge in [-0.1, -0.05) is 26.2 Å². The first-order valence-corrected chi connectivity index (χ1v) is 5.68. The maximum absolute atomic E-state index is 12.7. The highest BCUT2D eigenvalue weighted by Crippen LogP contribution is 2.30. The van der Waals surface area contributed by atoms with Gasteiger partial charge in [0.25, 0.3) is 6.17 Å². The van der Waals surface area contributed by atoms with Crippen LogP contribution in [0.4, 0.5) is 13.2 Å². The lowest BCUT2D eigenvalue weighted by Crippen LogP contribution is -2.52. The number of hydrogen-bond donors (Lipinski definition) is 0. The molecule has 18 heavy (non-hydrogen) atoms. The molecular formula is C9H15F3N4O2. The number of halogens is 3. The highest BCUT2D eigenvalue weighted by atomic mass is 19.4. The van der Waals surface area contributed by atoms with Gasteiger partial charge in [0.15, 0.2) is 11.4 Å². The van der Waals surface area contributed by atoms with E-state index in [4.69, 9.17) is 0 Å². The van der Waals surface area contributed by atoms with Crippen molar-refractivity contribution in [2.45, 2.75) is 44.9 Å². The number of rotatable bonds is 6. The number of hydrogen-bond acceptors (Lipinski definition) is 4. The fraction of sp³-hybridized carbons (Fsp3) is 0.889. The fourth-order valence-electron chi connectivity index (χ4n) is 1.71. The molecule has 0 saturated heterocycles. The zero-order valence-corrected chi connectivity index (χ0v) is 9.93. The van der Waals surface area contributed by atoms with Gasteiger partial charge in [0, 0.05) is 6.54 Å². The molecule has 0 aliphatic carbocycles. The van der Waals surface area contributed by atoms with Crippen molar-refractivity contribution >= 4 is 6.34 Å². The summed E-state index contributed by atoms with van der Waals surface area (Å²) >= 11 is 0. The highest BCUT2D eigenvalue weighted by molar-refractivity contribution is 5.55. The summed E-state index contributed by atoms with van der Waals surface area (Å²) in [7, 11) is 0. The molecule has 0 fully saturated rings. The number of hydrazone groups is 1. The second-order valence-corrected chi connectivity index (χ2v) is 3.99. The van der Waals surface area contributed by atoms with Crippen molar-refractivity contribution in [2.75, 3.05) is 6.54 Å². The standard InChI is InChI=1S/C9H15F3N4O2/c1-2-3-4-5-6-14-8(9(10,11)12)15(7-13-14)16(17)18/h7-8H,2-6H2,1H3. The number of unbranched alkanes of at least 4 members (excludes halogenated alkanes) is 3. The molecule has 1 aliphatic rings. The third-order valence-corrected chi connectivity index (χ3v) is 2.57. The number of nitrogens with zero attached hydrogens (tertiary/aromatic N) is 4. The lowest BCUT2D eigenvalue weighted by molar-refractivity contribution is -0.646. The van der Waals surface area contributed by atoms with Gasteiger partial charge in [0.05, 0.1) is 0 Å². The molecule has 0 saturated carbocycles. The molecule has 1 rings (SSSR count). The molecule has 0 aromatic carbocycles. The smallest absolute Gasteiger partial charge is 0.259 e. The Morgan fingerprint density at radius 2 is 2.06 bits per heavy atom. The Morgan fingerprint density at radius 3 is 2.56 bits per heavy atom. The molecule has 1 unspecified atom stereocenters. The first-order valence-electron chi connectivity index (χ1n) is 5.68. The van der Waals surface area contributed by atoms with Crippen LogP contribution in [-0.2, 0) is 0 Å². The Kier molecular flexibility index (Phi) is 4.74. The monoisotopic (exact) mass is 268 g/mol. The molecule has 0 radical (unpaired) electrons. The molecular weight excluding hydrogens is 253 g/mol. The largest absolute Gasteiger partial charge is 0.435 e. The molecule has 104 valence electrons. The van der Waals surface area contributed by atoms with E-state index >= 15 is 0 Å². The minimum atomic E-state index is -4.71. The topological polar surface area (TPSA) is 62.0 Å². The van der Waals surface area contributed by atoms with Crippen LogP contribution in [0.3, 0.4) is 0 Å². The van der Waals surface area contributed by atoms with Crippen molar-refractivity contribution in [3.63, 3.8) is 0 Å². The Balaban J connectivity index is 2.62. The van der Waals surface area contributed by atoms with E-state index < -0.39 is 17.4 Å². The lowest BCUT2D eigenvalue weighted by atomic mass is 10.2. The summed E-state index contributed by atoms with van der Waals surface area (Å²) in [5.41, 5.74) is 0. The average Bonchev–Trinajstić information content (AvgIpc) is 2.68. The maximum Gasteiger partial charge on any atom is 0.435 e. The van der Waals surface area contributed by atoms with Crippen LogP contribution in [0.15, 0.2) is 5.10 Å². The van der Waals surface area contributed by atoms with E-state index in [0.717, 1.165) is 24.3 Å². The summed E-state index contributed by atoms with van der Waals surface area (Å²) in [5, 5.41) is 13.6. The van der Waals surface area contributed by atoms with E-state index in [-0.39, 0.29) is 11.6 Å². The maximum atomic E-state index is 12.7. The molecule has 1 heterocycles. The van der Waals surface area contributed by atoms with Crippen LogP contribution in [-0.4, -0.2) is 40.3 Å². The Labute approximate surface area is 102 Å². The van der Waals surface area contributed by atoms with E-state index in [1.165, 1.54) is 0 Å². The van der Waals surface area contributed by atoms with E-state index in [1.54, 1.807) is 0 Å². The quantitative estimate of drug-likeness (QED) is 0.421. The first-order chi connectivity index (χ1) is 8.38. The zero-order valence-electron chi connectivity index (χ0n) is 9.93. The van der Waals surface area contributed by atoms with Gasteiger partial charge in [-0.25, -0.2) is 10.1 Å². The van der Waals surface area contributed by atoms with Gasteiger partial charge < -0.3 is 0 Å². The Bertz CT molecular complexity index is 321.